The fraction of sp³-hybridized carbons (Fsp3) is 0.895. The van der Waals surface area contributed by atoms with Gasteiger partial charge in [0.1, 0.15) is 6.04 Å². The van der Waals surface area contributed by atoms with Crippen LogP contribution in [0.5, 0.6) is 0 Å². The molecular formula is C19H37NO3. The lowest BCUT2D eigenvalue weighted by Crippen LogP contribution is -2.41. The van der Waals surface area contributed by atoms with Crippen LogP contribution in [0.3, 0.4) is 0 Å². The van der Waals surface area contributed by atoms with Crippen LogP contribution in [0.15, 0.2) is 0 Å². The van der Waals surface area contributed by atoms with E-state index in [1.54, 1.807) is 0 Å². The van der Waals surface area contributed by atoms with Gasteiger partial charge in [-0.1, -0.05) is 78.1 Å². The molecule has 4 nitrogen and oxygen atoms in total. The number of amides is 1. The van der Waals surface area contributed by atoms with Crippen molar-refractivity contribution in [3.63, 3.8) is 0 Å². The number of carbonyl (C=O) groups is 2. The summed E-state index contributed by atoms with van der Waals surface area (Å²) in [5, 5.41) is 2.84. The molecule has 0 aliphatic rings. The summed E-state index contributed by atoms with van der Waals surface area (Å²) < 4.78 is 4.80. The second-order valence-electron chi connectivity index (χ2n) is 6.36. The fourth-order valence-corrected chi connectivity index (χ4v) is 2.68. The van der Waals surface area contributed by atoms with Gasteiger partial charge in [0.25, 0.3) is 0 Å². The summed E-state index contributed by atoms with van der Waals surface area (Å²) in [6.45, 7) is 4.37. The molecule has 0 bridgehead atoms. The van der Waals surface area contributed by atoms with Gasteiger partial charge >= 0.3 is 5.97 Å². The van der Waals surface area contributed by atoms with Gasteiger partial charge in [-0.3, -0.25) is 4.79 Å². The summed E-state index contributed by atoms with van der Waals surface area (Å²) in [4.78, 5) is 23.7. The van der Waals surface area contributed by atoms with E-state index in [4.69, 9.17) is 4.74 Å². The first-order valence-corrected chi connectivity index (χ1v) is 9.52. The van der Waals surface area contributed by atoms with Crippen molar-refractivity contribution in [1.29, 1.82) is 0 Å². The Hall–Kier alpha value is -1.06. The minimum absolute atomic E-state index is 0.0237. The third-order valence-electron chi connectivity index (χ3n) is 4.17. The number of ether oxygens (including phenoxy) is 1. The molecule has 0 heterocycles. The first-order chi connectivity index (χ1) is 11.2. The number of carbonyl (C=O) groups excluding carboxylic acids is 2. The largest absolute Gasteiger partial charge is 0.467 e. The highest BCUT2D eigenvalue weighted by Crippen LogP contribution is 2.10. The second kappa shape index (κ2) is 15.8. The Kier molecular flexibility index (Phi) is 15.1. The van der Waals surface area contributed by atoms with E-state index in [1.165, 1.54) is 45.6 Å². The van der Waals surface area contributed by atoms with Crippen LogP contribution in [-0.2, 0) is 14.3 Å². The number of esters is 1. The van der Waals surface area contributed by atoms with Crippen molar-refractivity contribution in [2.45, 2.75) is 103 Å². The Balaban J connectivity index is 3.87. The third-order valence-corrected chi connectivity index (χ3v) is 4.17. The number of unbranched alkanes of at least 4 members (excludes halogenated alkanes) is 9. The highest BCUT2D eigenvalue weighted by Gasteiger charge is 2.20. The molecular weight excluding hydrogens is 290 g/mol. The second-order valence-corrected chi connectivity index (χ2v) is 6.36. The van der Waals surface area contributed by atoms with Gasteiger partial charge in [0.2, 0.25) is 5.91 Å². The maximum Gasteiger partial charge on any atom is 0.328 e. The highest BCUT2D eigenvalue weighted by molar-refractivity contribution is 5.84. The van der Waals surface area contributed by atoms with Gasteiger partial charge in [0, 0.05) is 6.42 Å². The summed E-state index contributed by atoms with van der Waals surface area (Å²) in [5.41, 5.74) is 0. The van der Waals surface area contributed by atoms with E-state index in [1.807, 2.05) is 0 Å². The van der Waals surface area contributed by atoms with Gasteiger partial charge in [-0.15, -0.1) is 0 Å². The van der Waals surface area contributed by atoms with Crippen LogP contribution in [0.1, 0.15) is 97.3 Å². The first-order valence-electron chi connectivity index (χ1n) is 9.52. The summed E-state index contributed by atoms with van der Waals surface area (Å²) in [7, 11) is 1.38. The molecule has 0 radical (unpaired) electrons. The van der Waals surface area contributed by atoms with Crippen LogP contribution in [0.25, 0.3) is 0 Å². The van der Waals surface area contributed by atoms with Crippen molar-refractivity contribution in [2.24, 2.45) is 0 Å². The number of nitrogens with one attached hydrogen (secondary N) is 1. The quantitative estimate of drug-likeness (QED) is 0.349. The Morgan fingerprint density at radius 1 is 0.826 bits per heavy atom. The van der Waals surface area contributed by atoms with Gasteiger partial charge in [-0.05, 0) is 12.8 Å². The standard InChI is InChI=1S/C19H37NO3/c1-4-6-8-10-11-12-14-16-18(21)20-17(19(22)23-3)15-13-9-7-5-2/h17H,4-16H2,1-3H3,(H,20,21). The number of hydrogen-bond donors (Lipinski definition) is 1. The van der Waals surface area contributed by atoms with Gasteiger partial charge in [0.05, 0.1) is 7.11 Å². The van der Waals surface area contributed by atoms with Gasteiger partial charge in [-0.25, -0.2) is 4.79 Å². The van der Waals surface area contributed by atoms with Gasteiger partial charge < -0.3 is 10.1 Å². The molecule has 136 valence electrons. The van der Waals surface area contributed by atoms with E-state index in [-0.39, 0.29) is 11.9 Å². The zero-order chi connectivity index (χ0) is 17.3. The molecule has 1 N–H and O–H groups in total. The normalized spacial score (nSPS) is 12.0. The molecule has 0 fully saturated rings. The van der Waals surface area contributed by atoms with E-state index in [0.29, 0.717) is 12.8 Å². The summed E-state index contributed by atoms with van der Waals surface area (Å²) in [6, 6.07) is -0.478. The minimum Gasteiger partial charge on any atom is -0.467 e. The molecule has 0 aliphatic heterocycles. The molecule has 0 aliphatic carbocycles. The minimum atomic E-state index is -0.478. The van der Waals surface area contributed by atoms with Gasteiger partial charge in [0.15, 0.2) is 0 Å². The average Bonchev–Trinajstić information content (AvgIpc) is 2.56. The van der Waals surface area contributed by atoms with Crippen LogP contribution < -0.4 is 5.32 Å². The maximum atomic E-state index is 12.0. The lowest BCUT2D eigenvalue weighted by Gasteiger charge is -2.16. The Labute approximate surface area is 142 Å². The molecule has 0 aromatic rings. The highest BCUT2D eigenvalue weighted by atomic mass is 16.5. The average molecular weight is 328 g/mol. The van der Waals surface area contributed by atoms with Crippen LogP contribution >= 0.6 is 0 Å². The summed E-state index contributed by atoms with van der Waals surface area (Å²) in [6.07, 6.45) is 13.9. The molecule has 0 spiro atoms. The SMILES string of the molecule is CCCCCCCCCC(=O)NC(CCCCCC)C(=O)OC. The molecule has 0 aromatic carbocycles. The molecule has 0 rings (SSSR count). The van der Waals surface area contributed by atoms with Crippen LogP contribution in [0.4, 0.5) is 0 Å². The number of methoxy groups -OCH3 is 1. The summed E-state index contributed by atoms with van der Waals surface area (Å²) >= 11 is 0. The van der Waals surface area contributed by atoms with E-state index in [0.717, 1.165) is 32.1 Å². The lowest BCUT2D eigenvalue weighted by atomic mass is 10.1. The third kappa shape index (κ3) is 13.1. The maximum absolute atomic E-state index is 12.0. The zero-order valence-corrected chi connectivity index (χ0v) is 15.5. The van der Waals surface area contributed by atoms with E-state index >= 15 is 0 Å². The topological polar surface area (TPSA) is 55.4 Å². The predicted molar refractivity (Wildman–Crippen MR) is 95.3 cm³/mol. The molecule has 4 heteroatoms. The van der Waals surface area contributed by atoms with Crippen molar-refractivity contribution in [3.8, 4) is 0 Å². The van der Waals surface area contributed by atoms with Crippen molar-refractivity contribution >= 4 is 11.9 Å². The molecule has 1 amide bonds. The Morgan fingerprint density at radius 2 is 1.35 bits per heavy atom. The molecule has 0 saturated carbocycles. The molecule has 0 saturated heterocycles. The molecule has 23 heavy (non-hydrogen) atoms. The molecule has 0 aromatic heterocycles. The molecule has 1 atom stereocenters. The van der Waals surface area contributed by atoms with Crippen molar-refractivity contribution in [1.82, 2.24) is 5.32 Å². The van der Waals surface area contributed by atoms with E-state index < -0.39 is 6.04 Å². The van der Waals surface area contributed by atoms with Crippen molar-refractivity contribution in [3.05, 3.63) is 0 Å². The number of hydrogen-bond acceptors (Lipinski definition) is 3. The molecule has 1 unspecified atom stereocenters. The smallest absolute Gasteiger partial charge is 0.328 e. The van der Waals surface area contributed by atoms with E-state index in [2.05, 4.69) is 19.2 Å². The van der Waals surface area contributed by atoms with Crippen LogP contribution in [0, 0.1) is 0 Å². The van der Waals surface area contributed by atoms with Crippen LogP contribution in [-0.4, -0.2) is 25.0 Å². The number of rotatable bonds is 15. The zero-order valence-electron chi connectivity index (χ0n) is 15.5. The Bertz CT molecular complexity index is 305. The predicted octanol–water partition coefficient (Wildman–Crippen LogP) is 4.76. The van der Waals surface area contributed by atoms with Gasteiger partial charge in [-0.2, -0.15) is 0 Å². The van der Waals surface area contributed by atoms with Crippen molar-refractivity contribution in [2.75, 3.05) is 7.11 Å². The summed E-state index contributed by atoms with van der Waals surface area (Å²) in [5.74, 6) is -0.348. The van der Waals surface area contributed by atoms with E-state index in [9.17, 15) is 9.59 Å². The Morgan fingerprint density at radius 3 is 1.91 bits per heavy atom. The van der Waals surface area contributed by atoms with Crippen molar-refractivity contribution < 1.29 is 14.3 Å². The lowest BCUT2D eigenvalue weighted by molar-refractivity contribution is -0.145. The fourth-order valence-electron chi connectivity index (χ4n) is 2.68. The van der Waals surface area contributed by atoms with Crippen LogP contribution in [0.2, 0.25) is 0 Å². The monoisotopic (exact) mass is 327 g/mol. The first kappa shape index (κ1) is 21.9.